The number of rotatable bonds is 26. The van der Waals surface area contributed by atoms with Gasteiger partial charge in [-0.25, -0.2) is 9.59 Å². The molecule has 0 aliphatic carbocycles. The standard InChI is InChI=1S/C66H82N6O16/c1-38(2)48(32-39(3)62(82)83)71(10)61(81)59(65(4,5)6)70-60(80)58(67-9)66(7,8)45-22-17-18-40(33-45)35-53(76)86-37-41-26-29-49(87-64-56(79)54(77)55(78)57(88-64)63(84)85)46(34-41)69-51(74)30-31-68-50(73)24-15-16-25-52(75)72-36-44-21-12-11-19-42(44)27-28-43-20-13-14-23-47(43)72/h11-14,17-23,26,29,32-34,38,48,54-59,64,67,77-79H,15-16,24-25,30-31,35-37H2,1-10H3,(H,68,73)(H,69,74)(H,70,80)(H,82,83)(H,84,85)/b39-32+/t48-,54?,55?,56?,57?,58-,59-,64?/m1/s1. The van der Waals surface area contributed by atoms with Crippen molar-refractivity contribution in [3.05, 3.63) is 136 Å². The van der Waals surface area contributed by atoms with Gasteiger partial charge in [0.05, 0.1) is 36.4 Å². The maximum atomic E-state index is 14.3. The number of nitrogens with one attached hydrogen (secondary N) is 4. The molecular weight excluding hydrogens is 1130 g/mol. The predicted octanol–water partition coefficient (Wildman–Crippen LogP) is 5.11. The minimum absolute atomic E-state index is 0.0537. The molecule has 4 aromatic rings. The van der Waals surface area contributed by atoms with E-state index in [0.717, 1.165) is 16.7 Å². The van der Waals surface area contributed by atoms with E-state index in [0.29, 0.717) is 41.8 Å². The van der Waals surface area contributed by atoms with Gasteiger partial charge in [-0.05, 0) is 90.7 Å². The first-order valence-electron chi connectivity index (χ1n) is 29.2. The number of unbranched alkanes of at least 4 members (excludes halogenated alkanes) is 1. The van der Waals surface area contributed by atoms with Crippen molar-refractivity contribution in [1.82, 2.24) is 20.9 Å². The van der Waals surface area contributed by atoms with Gasteiger partial charge in [-0.15, -0.1) is 0 Å². The summed E-state index contributed by atoms with van der Waals surface area (Å²) in [5.74, 6) is 0.709. The minimum atomic E-state index is -2.00. The van der Waals surface area contributed by atoms with E-state index >= 15 is 0 Å². The second-order valence-electron chi connectivity index (χ2n) is 24.1. The summed E-state index contributed by atoms with van der Waals surface area (Å²) in [6, 6.07) is 23.9. The number of fused-ring (bicyclic) bond motifs is 2. The Labute approximate surface area is 513 Å². The number of aliphatic hydroxyl groups is 3. The number of nitrogens with zero attached hydrogens (tertiary/aromatic N) is 2. The SMILES string of the molecule is CN[C@H](C(=O)N[C@H](C(=O)N(C)[C@H](/C=C(\C)C(=O)O)C(C)C)C(C)(C)C)C(C)(C)c1cccc(CC(=O)OCc2ccc(OC3OC(C(=O)O)C(O)C(O)C3O)c(NC(=O)CCNC(=O)CCCCC(=O)N3Cc4ccccc4C#Cc4ccccc43)c2)c1. The molecule has 22 nitrogen and oxygen atoms in total. The van der Waals surface area contributed by atoms with Crippen molar-refractivity contribution in [3.63, 3.8) is 0 Å². The number of carbonyl (C=O) groups is 8. The first kappa shape index (κ1) is 68.7. The van der Waals surface area contributed by atoms with Crippen LogP contribution in [0.5, 0.6) is 5.75 Å². The molecule has 4 aromatic carbocycles. The number of hydrogen-bond donors (Lipinski definition) is 9. The van der Waals surface area contributed by atoms with Crippen LogP contribution in [-0.4, -0.2) is 147 Å². The molecule has 8 atom stereocenters. The first-order valence-corrected chi connectivity index (χ1v) is 29.2. The molecule has 0 saturated carbocycles. The molecule has 9 N–H and O–H groups in total. The number of ether oxygens (including phenoxy) is 3. The van der Waals surface area contributed by atoms with Crippen molar-refractivity contribution >= 4 is 58.8 Å². The smallest absolute Gasteiger partial charge is 0.335 e. The average molecular weight is 1220 g/mol. The van der Waals surface area contributed by atoms with Gasteiger partial charge in [-0.3, -0.25) is 28.8 Å². The molecule has 0 aromatic heterocycles. The van der Waals surface area contributed by atoms with Gasteiger partial charge in [0.2, 0.25) is 35.8 Å². The summed E-state index contributed by atoms with van der Waals surface area (Å²) in [4.78, 5) is 109. The quantitative estimate of drug-likeness (QED) is 0.0171. The summed E-state index contributed by atoms with van der Waals surface area (Å²) in [6.07, 6.45) is -7.61. The number of likely N-dealkylation sites (N-methyl/N-ethyl adjacent to an activating group) is 2. The molecule has 5 amide bonds. The van der Waals surface area contributed by atoms with Crippen molar-refractivity contribution < 1.29 is 78.1 Å². The second-order valence-corrected chi connectivity index (χ2v) is 24.1. The number of para-hydroxylation sites is 1. The van der Waals surface area contributed by atoms with Crippen LogP contribution >= 0.6 is 0 Å². The average Bonchev–Trinajstić information content (AvgIpc) is 2.61. The van der Waals surface area contributed by atoms with E-state index in [2.05, 4.69) is 33.1 Å². The molecule has 6 rings (SSSR count). The predicted molar refractivity (Wildman–Crippen MR) is 326 cm³/mol. The highest BCUT2D eigenvalue weighted by Gasteiger charge is 2.48. The third kappa shape index (κ3) is 17.8. The van der Waals surface area contributed by atoms with E-state index in [1.807, 2.05) is 103 Å². The summed E-state index contributed by atoms with van der Waals surface area (Å²) in [7, 11) is 3.21. The van der Waals surface area contributed by atoms with Crippen LogP contribution in [0.4, 0.5) is 11.4 Å². The van der Waals surface area contributed by atoms with Crippen LogP contribution in [0.1, 0.15) is 121 Å². The highest BCUT2D eigenvalue weighted by atomic mass is 16.7. The van der Waals surface area contributed by atoms with E-state index in [9.17, 15) is 63.9 Å². The van der Waals surface area contributed by atoms with Gasteiger partial charge in [0.15, 0.2) is 6.10 Å². The summed E-state index contributed by atoms with van der Waals surface area (Å²) in [5.41, 5.74) is 3.09. The van der Waals surface area contributed by atoms with E-state index in [1.165, 1.54) is 36.1 Å². The third-order valence-electron chi connectivity index (χ3n) is 15.6. The Kier molecular flexibility index (Phi) is 23.8. The Bertz CT molecular complexity index is 3310. The molecule has 2 aliphatic heterocycles. The number of esters is 1. The fraction of sp³-hybridized carbons (Fsp3) is 0.455. The van der Waals surface area contributed by atoms with Crippen LogP contribution in [0.3, 0.4) is 0 Å². The molecular formula is C66H82N6O16. The van der Waals surface area contributed by atoms with Gasteiger partial charge >= 0.3 is 17.9 Å². The lowest BCUT2D eigenvalue weighted by molar-refractivity contribution is -0.271. The zero-order valence-corrected chi connectivity index (χ0v) is 51.4. The van der Waals surface area contributed by atoms with Gasteiger partial charge in [-0.1, -0.05) is 127 Å². The van der Waals surface area contributed by atoms with Crippen LogP contribution in [-0.2, 0) is 72.8 Å². The number of benzene rings is 4. The first-order chi connectivity index (χ1) is 41.5. The number of anilines is 2. The van der Waals surface area contributed by atoms with E-state index in [1.54, 1.807) is 37.2 Å². The minimum Gasteiger partial charge on any atom is -0.479 e. The van der Waals surface area contributed by atoms with Crippen LogP contribution in [0.2, 0.25) is 0 Å². The van der Waals surface area contributed by atoms with Crippen molar-refractivity contribution in [2.24, 2.45) is 11.3 Å². The number of carboxylic acids is 2. The van der Waals surface area contributed by atoms with E-state index < -0.39 is 95.3 Å². The lowest BCUT2D eigenvalue weighted by Gasteiger charge is -2.40. The highest BCUT2D eigenvalue weighted by Crippen LogP contribution is 2.34. The van der Waals surface area contributed by atoms with Gasteiger partial charge < -0.3 is 70.8 Å². The van der Waals surface area contributed by atoms with E-state index in [4.69, 9.17) is 14.2 Å². The summed E-state index contributed by atoms with van der Waals surface area (Å²) >= 11 is 0. The summed E-state index contributed by atoms with van der Waals surface area (Å²) < 4.78 is 16.8. The monoisotopic (exact) mass is 1210 g/mol. The molecule has 2 heterocycles. The van der Waals surface area contributed by atoms with Crippen molar-refractivity contribution in [1.29, 1.82) is 0 Å². The van der Waals surface area contributed by atoms with Gasteiger partial charge in [-0.2, -0.15) is 0 Å². The maximum absolute atomic E-state index is 14.3. The number of hydrogen-bond acceptors (Lipinski definition) is 15. The number of carboxylic acid groups (broad SMARTS) is 2. The lowest BCUT2D eigenvalue weighted by Crippen LogP contribution is -2.61. The molecule has 472 valence electrons. The number of aliphatic hydroxyl groups excluding tert-OH is 3. The van der Waals surface area contributed by atoms with Crippen molar-refractivity contribution in [2.45, 2.75) is 161 Å². The Balaban J connectivity index is 1.08. The largest absolute Gasteiger partial charge is 0.479 e. The second kappa shape index (κ2) is 30.4. The fourth-order valence-corrected chi connectivity index (χ4v) is 10.4. The molecule has 1 saturated heterocycles. The van der Waals surface area contributed by atoms with Crippen LogP contribution in [0.15, 0.2) is 103 Å². The summed E-state index contributed by atoms with van der Waals surface area (Å²) in [6.45, 7) is 14.3. The third-order valence-corrected chi connectivity index (χ3v) is 15.6. The Morgan fingerprint density at radius 2 is 1.45 bits per heavy atom. The fourth-order valence-electron chi connectivity index (χ4n) is 10.4. The zero-order valence-electron chi connectivity index (χ0n) is 51.4. The molecule has 0 spiro atoms. The molecule has 88 heavy (non-hydrogen) atoms. The zero-order chi connectivity index (χ0) is 64.8. The van der Waals surface area contributed by atoms with Crippen molar-refractivity contribution in [3.8, 4) is 17.6 Å². The molecule has 22 heteroatoms. The topological polar surface area (TPSA) is 320 Å². The van der Waals surface area contributed by atoms with Gasteiger partial charge in [0.25, 0.3) is 0 Å². The van der Waals surface area contributed by atoms with Gasteiger partial charge in [0.1, 0.15) is 36.7 Å². The van der Waals surface area contributed by atoms with Crippen LogP contribution in [0, 0.1) is 23.2 Å². The maximum Gasteiger partial charge on any atom is 0.335 e. The number of carbonyl (C=O) groups excluding carboxylic acids is 6. The van der Waals surface area contributed by atoms with Crippen LogP contribution < -0.4 is 30.9 Å². The lowest BCUT2D eigenvalue weighted by atomic mass is 9.76. The van der Waals surface area contributed by atoms with Crippen molar-refractivity contribution in [2.75, 3.05) is 30.9 Å². The number of aliphatic carboxylic acids is 2. The molecule has 5 unspecified atom stereocenters. The normalized spacial score (nSPS) is 18.5. The molecule has 0 bridgehead atoms. The summed E-state index contributed by atoms with van der Waals surface area (Å²) in [5, 5.41) is 62.2. The van der Waals surface area contributed by atoms with E-state index in [-0.39, 0.29) is 73.6 Å². The molecule has 1 fully saturated rings. The molecule has 0 radical (unpaired) electrons. The van der Waals surface area contributed by atoms with Crippen LogP contribution in [0.25, 0.3) is 0 Å². The Morgan fingerprint density at radius 3 is 2.12 bits per heavy atom. The number of amides is 5. The van der Waals surface area contributed by atoms with Gasteiger partial charge in [0, 0.05) is 55.0 Å². The Morgan fingerprint density at radius 1 is 0.784 bits per heavy atom. The Hall–Kier alpha value is -8.46. The highest BCUT2D eigenvalue weighted by molar-refractivity contribution is 5.96. The molecule has 2 aliphatic rings.